The first-order chi connectivity index (χ1) is 5.66. The van der Waals surface area contributed by atoms with Gasteiger partial charge in [0.15, 0.2) is 17.3 Å². The van der Waals surface area contributed by atoms with Crippen molar-refractivity contribution in [3.8, 4) is 11.5 Å². The number of halogens is 1. The molecule has 5 heteroatoms. The van der Waals surface area contributed by atoms with Crippen LogP contribution in [0.4, 0.5) is 4.39 Å². The van der Waals surface area contributed by atoms with Gasteiger partial charge in [-0.1, -0.05) is 0 Å². The van der Waals surface area contributed by atoms with E-state index in [0.29, 0.717) is 0 Å². The van der Waals surface area contributed by atoms with E-state index in [4.69, 9.17) is 16.1 Å². The molecule has 1 aromatic carbocycles. The van der Waals surface area contributed by atoms with Gasteiger partial charge in [0.25, 0.3) is 0 Å². The summed E-state index contributed by atoms with van der Waals surface area (Å²) >= 11 is 0. The zero-order valence-electron chi connectivity index (χ0n) is 6.12. The van der Waals surface area contributed by atoms with Gasteiger partial charge < -0.3 is 10.2 Å². The van der Waals surface area contributed by atoms with Crippen molar-refractivity contribution in [3.05, 3.63) is 23.5 Å². The van der Waals surface area contributed by atoms with Gasteiger partial charge in [0.05, 0.1) is 6.61 Å². The quantitative estimate of drug-likeness (QED) is 0.452. The van der Waals surface area contributed by atoms with E-state index < -0.39 is 17.3 Å². The highest BCUT2D eigenvalue weighted by molar-refractivity contribution is 5.44. The van der Waals surface area contributed by atoms with Gasteiger partial charge in [-0.15, -0.1) is 0 Å². The fraction of sp³-hybridized carbons (Fsp3) is 0.143. The average molecular weight is 173 g/mol. The summed E-state index contributed by atoms with van der Waals surface area (Å²) in [6.45, 7) is -0.0837. The van der Waals surface area contributed by atoms with E-state index in [0.717, 1.165) is 6.07 Å². The zero-order chi connectivity index (χ0) is 9.14. The summed E-state index contributed by atoms with van der Waals surface area (Å²) in [4.78, 5) is 4.21. The summed E-state index contributed by atoms with van der Waals surface area (Å²) in [6.07, 6.45) is 0. The summed E-state index contributed by atoms with van der Waals surface area (Å²) in [5.74, 6) is 2.52. The molecule has 0 atom stereocenters. The monoisotopic (exact) mass is 173 g/mol. The first-order valence-corrected chi connectivity index (χ1v) is 3.17. The Balaban J connectivity index is 3.08. The molecule has 12 heavy (non-hydrogen) atoms. The predicted octanol–water partition coefficient (Wildman–Crippen LogP) is 0.627. The summed E-state index contributed by atoms with van der Waals surface area (Å²) in [6, 6.07) is 2.29. The molecule has 0 radical (unpaired) electrons. The van der Waals surface area contributed by atoms with Gasteiger partial charge in [0, 0.05) is 5.56 Å². The van der Waals surface area contributed by atoms with E-state index in [1.54, 1.807) is 0 Å². The fourth-order valence-electron chi connectivity index (χ4n) is 0.803. The topological polar surface area (TPSA) is 75.7 Å². The van der Waals surface area contributed by atoms with Crippen LogP contribution in [-0.2, 0) is 11.4 Å². The molecule has 0 saturated heterocycles. The Morgan fingerprint density at radius 1 is 1.33 bits per heavy atom. The first kappa shape index (κ1) is 8.76. The minimum absolute atomic E-state index is 0.0837. The van der Waals surface area contributed by atoms with E-state index in [1.165, 1.54) is 6.07 Å². The number of hydrogen-bond donors (Lipinski definition) is 3. The lowest BCUT2D eigenvalue weighted by Crippen LogP contribution is -1.99. The lowest BCUT2D eigenvalue weighted by molar-refractivity contribution is 0.121. The molecule has 0 heterocycles. The Labute approximate surface area is 68.0 Å². The van der Waals surface area contributed by atoms with Gasteiger partial charge in [-0.3, -0.25) is 4.84 Å². The van der Waals surface area contributed by atoms with E-state index in [-0.39, 0.29) is 12.2 Å². The highest BCUT2D eigenvalue weighted by Crippen LogP contribution is 2.31. The van der Waals surface area contributed by atoms with E-state index in [1.807, 2.05) is 0 Å². The molecule has 1 aromatic rings. The van der Waals surface area contributed by atoms with Crippen LogP contribution in [-0.4, -0.2) is 10.2 Å². The van der Waals surface area contributed by atoms with Crippen molar-refractivity contribution in [3.63, 3.8) is 0 Å². The van der Waals surface area contributed by atoms with Crippen LogP contribution >= 0.6 is 0 Å². The minimum atomic E-state index is -0.881. The van der Waals surface area contributed by atoms with Crippen LogP contribution in [0.2, 0.25) is 0 Å². The molecular formula is C7H8FNO3. The van der Waals surface area contributed by atoms with Crippen LogP contribution in [0, 0.1) is 5.82 Å². The third-order valence-corrected chi connectivity index (χ3v) is 1.42. The van der Waals surface area contributed by atoms with Crippen molar-refractivity contribution in [2.75, 3.05) is 0 Å². The van der Waals surface area contributed by atoms with Crippen LogP contribution in [0.5, 0.6) is 11.5 Å². The maximum atomic E-state index is 12.5. The largest absolute Gasteiger partial charge is 0.504 e. The lowest BCUT2D eigenvalue weighted by atomic mass is 10.2. The maximum absolute atomic E-state index is 12.5. The van der Waals surface area contributed by atoms with Gasteiger partial charge in [-0.25, -0.2) is 10.3 Å². The highest BCUT2D eigenvalue weighted by Gasteiger charge is 2.10. The second-order valence-electron chi connectivity index (χ2n) is 2.21. The molecule has 0 saturated carbocycles. The van der Waals surface area contributed by atoms with Crippen molar-refractivity contribution < 1.29 is 19.4 Å². The zero-order valence-corrected chi connectivity index (χ0v) is 6.12. The lowest BCUT2D eigenvalue weighted by Gasteiger charge is -2.04. The summed E-state index contributed by atoms with van der Waals surface area (Å²) < 4.78 is 12.5. The molecule has 0 aromatic heterocycles. The third-order valence-electron chi connectivity index (χ3n) is 1.42. The Morgan fingerprint density at radius 3 is 2.58 bits per heavy atom. The molecule has 0 spiro atoms. The molecule has 0 fully saturated rings. The van der Waals surface area contributed by atoms with Gasteiger partial charge in [0.1, 0.15) is 0 Å². The van der Waals surface area contributed by atoms with Crippen LogP contribution in [0.25, 0.3) is 0 Å². The normalized spacial score (nSPS) is 10.2. The number of rotatable bonds is 2. The molecule has 0 bridgehead atoms. The fourth-order valence-corrected chi connectivity index (χ4v) is 0.803. The molecular weight excluding hydrogens is 165 g/mol. The Hall–Kier alpha value is -1.33. The number of aromatic hydroxyl groups is 2. The Kier molecular flexibility index (Phi) is 2.47. The van der Waals surface area contributed by atoms with Gasteiger partial charge in [-0.2, -0.15) is 0 Å². The van der Waals surface area contributed by atoms with Crippen LogP contribution in [0.3, 0.4) is 0 Å². The maximum Gasteiger partial charge on any atom is 0.194 e. The minimum Gasteiger partial charge on any atom is -0.504 e. The third kappa shape index (κ3) is 1.46. The van der Waals surface area contributed by atoms with Crippen LogP contribution in [0.1, 0.15) is 5.56 Å². The van der Waals surface area contributed by atoms with Crippen LogP contribution in [0.15, 0.2) is 12.1 Å². The highest BCUT2D eigenvalue weighted by atomic mass is 19.1. The molecule has 0 unspecified atom stereocenters. The molecule has 0 aliphatic heterocycles. The second-order valence-corrected chi connectivity index (χ2v) is 2.21. The Bertz CT molecular complexity index is 290. The van der Waals surface area contributed by atoms with Crippen LogP contribution < -0.4 is 5.90 Å². The van der Waals surface area contributed by atoms with E-state index in [9.17, 15) is 4.39 Å². The predicted molar refractivity (Wildman–Crippen MR) is 38.7 cm³/mol. The smallest absolute Gasteiger partial charge is 0.194 e. The van der Waals surface area contributed by atoms with Gasteiger partial charge >= 0.3 is 0 Å². The number of benzene rings is 1. The van der Waals surface area contributed by atoms with Gasteiger partial charge in [-0.05, 0) is 12.1 Å². The van der Waals surface area contributed by atoms with E-state index in [2.05, 4.69) is 4.84 Å². The van der Waals surface area contributed by atoms with Crippen molar-refractivity contribution in [2.24, 2.45) is 5.90 Å². The standard InChI is InChI=1S/C7H8FNO3/c8-5-2-1-4(3-12-9)6(10)7(5)11/h1-2,10-11H,3,9H2. The molecule has 66 valence electrons. The van der Waals surface area contributed by atoms with Crippen molar-refractivity contribution in [1.82, 2.24) is 0 Å². The van der Waals surface area contributed by atoms with Crippen molar-refractivity contribution >= 4 is 0 Å². The Morgan fingerprint density at radius 2 is 2.00 bits per heavy atom. The van der Waals surface area contributed by atoms with Gasteiger partial charge in [0.2, 0.25) is 0 Å². The number of phenols is 2. The number of nitrogens with two attached hydrogens (primary N) is 1. The SMILES string of the molecule is NOCc1ccc(F)c(O)c1O. The summed E-state index contributed by atoms with van der Waals surface area (Å²) in [5.41, 5.74) is 0.233. The average Bonchev–Trinajstić information content (AvgIpc) is 2.07. The van der Waals surface area contributed by atoms with Crippen molar-refractivity contribution in [1.29, 1.82) is 0 Å². The molecule has 0 aliphatic rings. The molecule has 0 amide bonds. The van der Waals surface area contributed by atoms with Crippen molar-refractivity contribution in [2.45, 2.75) is 6.61 Å². The number of hydrogen-bond acceptors (Lipinski definition) is 4. The summed E-state index contributed by atoms with van der Waals surface area (Å²) in [7, 11) is 0. The second kappa shape index (κ2) is 3.38. The first-order valence-electron chi connectivity index (χ1n) is 3.17. The molecule has 0 aliphatic carbocycles. The summed E-state index contributed by atoms with van der Waals surface area (Å²) in [5, 5.41) is 18.0. The molecule has 1 rings (SSSR count). The molecule has 4 nitrogen and oxygen atoms in total. The van der Waals surface area contributed by atoms with E-state index >= 15 is 0 Å². The molecule has 4 N–H and O–H groups in total. The number of phenolic OH excluding ortho intramolecular Hbond substituents is 2.